The van der Waals surface area contributed by atoms with E-state index in [1.165, 1.54) is 16.7 Å². The van der Waals surface area contributed by atoms with Gasteiger partial charge in [0.15, 0.2) is 0 Å². The number of amides is 2. The largest absolute Gasteiger partial charge is 0.331 e. The first kappa shape index (κ1) is 25.2. The molecule has 9 nitrogen and oxygen atoms in total. The van der Waals surface area contributed by atoms with Gasteiger partial charge in [-0.25, -0.2) is 4.79 Å². The quantitative estimate of drug-likeness (QED) is 0.476. The molecule has 1 fully saturated rings. The van der Waals surface area contributed by atoms with Crippen molar-refractivity contribution >= 4 is 45.7 Å². The van der Waals surface area contributed by atoms with Gasteiger partial charge in [0, 0.05) is 36.8 Å². The average Bonchev–Trinajstić information content (AvgIpc) is 3.65. The molecular weight excluding hydrogens is 482 g/mol. The monoisotopic (exact) mass is 507 g/mol. The number of rotatable bonds is 8. The molecule has 4 rings (SSSR count). The maximum absolute atomic E-state index is 12.9. The highest BCUT2D eigenvalue weighted by Crippen LogP contribution is 2.35. The third-order valence-electron chi connectivity index (χ3n) is 6.12. The summed E-state index contributed by atoms with van der Waals surface area (Å²) in [5.41, 5.74) is 1.14. The fraction of sp³-hybridized carbons (Fsp3) is 0.346. The minimum absolute atomic E-state index is 0.0976. The van der Waals surface area contributed by atoms with Crippen LogP contribution in [0.15, 0.2) is 46.0 Å². The summed E-state index contributed by atoms with van der Waals surface area (Å²) < 4.78 is 2.89. The summed E-state index contributed by atoms with van der Waals surface area (Å²) in [6, 6.07) is 11.7. The van der Waals surface area contributed by atoms with E-state index >= 15 is 0 Å². The third kappa shape index (κ3) is 5.34. The van der Waals surface area contributed by atoms with Gasteiger partial charge in [-0.1, -0.05) is 18.5 Å². The van der Waals surface area contributed by atoms with E-state index in [1.807, 2.05) is 6.07 Å². The molecule has 0 saturated heterocycles. The lowest BCUT2D eigenvalue weighted by Crippen LogP contribution is -2.39. The van der Waals surface area contributed by atoms with Gasteiger partial charge in [-0.3, -0.25) is 23.5 Å². The van der Waals surface area contributed by atoms with Gasteiger partial charge in [0.1, 0.15) is 6.07 Å². The zero-order valence-corrected chi connectivity index (χ0v) is 20.8. The van der Waals surface area contributed by atoms with Crippen molar-refractivity contribution in [2.75, 3.05) is 10.6 Å². The summed E-state index contributed by atoms with van der Waals surface area (Å²) in [6.07, 6.45) is 2.01. The Hall–Kier alpha value is -3.90. The van der Waals surface area contributed by atoms with Crippen LogP contribution in [0.3, 0.4) is 0 Å². The van der Waals surface area contributed by atoms with Gasteiger partial charge in [-0.05, 0) is 62.1 Å². The smallest absolute Gasteiger partial charge is 0.326 e. The van der Waals surface area contributed by atoms with E-state index in [-0.39, 0.29) is 59.4 Å². The number of aromatic nitrogens is 2. The summed E-state index contributed by atoms with van der Waals surface area (Å²) >= 11 is 6.00. The molecule has 2 N–H and O–H groups in total. The molecule has 0 bridgehead atoms. The molecule has 36 heavy (non-hydrogen) atoms. The summed E-state index contributed by atoms with van der Waals surface area (Å²) in [6.45, 7) is 3.82. The lowest BCUT2D eigenvalue weighted by atomic mass is 10.0. The van der Waals surface area contributed by atoms with E-state index in [2.05, 4.69) is 10.6 Å². The number of nitrogens with one attached hydrogen (secondary N) is 2. The predicted molar refractivity (Wildman–Crippen MR) is 138 cm³/mol. The molecule has 2 aromatic carbocycles. The highest BCUT2D eigenvalue weighted by molar-refractivity contribution is 6.32. The second-order valence-corrected chi connectivity index (χ2v) is 9.49. The molecule has 10 heteroatoms. The van der Waals surface area contributed by atoms with E-state index in [9.17, 15) is 19.2 Å². The first-order chi connectivity index (χ1) is 17.2. The highest BCUT2D eigenvalue weighted by atomic mass is 35.5. The molecule has 3 aromatic rings. The molecule has 0 aliphatic heterocycles. The van der Waals surface area contributed by atoms with Gasteiger partial charge in [0.2, 0.25) is 11.8 Å². The van der Waals surface area contributed by atoms with E-state index in [0.29, 0.717) is 27.8 Å². The Morgan fingerprint density at radius 3 is 2.25 bits per heavy atom. The van der Waals surface area contributed by atoms with Crippen LogP contribution in [-0.2, 0) is 16.1 Å². The maximum atomic E-state index is 12.9. The van der Waals surface area contributed by atoms with Crippen molar-refractivity contribution in [1.82, 2.24) is 9.13 Å². The molecular formula is C26H26ClN5O4. The highest BCUT2D eigenvalue weighted by Gasteiger charge is 2.28. The summed E-state index contributed by atoms with van der Waals surface area (Å²) in [5, 5.41) is 15.1. The zero-order valence-electron chi connectivity index (χ0n) is 20.0. The van der Waals surface area contributed by atoms with Gasteiger partial charge >= 0.3 is 5.69 Å². The van der Waals surface area contributed by atoms with E-state index < -0.39 is 0 Å². The number of hydrogen-bond donors (Lipinski definition) is 2. The number of fused-ring (bicyclic) bond motifs is 1. The average molecular weight is 508 g/mol. The molecule has 1 saturated carbocycles. The molecule has 0 spiro atoms. The Morgan fingerprint density at radius 2 is 1.69 bits per heavy atom. The normalized spacial score (nSPS) is 13.7. The lowest BCUT2D eigenvalue weighted by Gasteiger charge is -2.15. The maximum Gasteiger partial charge on any atom is 0.331 e. The first-order valence-corrected chi connectivity index (χ1v) is 12.2. The first-order valence-electron chi connectivity index (χ1n) is 11.8. The van der Waals surface area contributed by atoms with Crippen LogP contribution in [-0.4, -0.2) is 20.9 Å². The number of benzene rings is 2. The van der Waals surface area contributed by atoms with Crippen molar-refractivity contribution in [1.29, 1.82) is 5.26 Å². The van der Waals surface area contributed by atoms with Gasteiger partial charge in [-0.2, -0.15) is 5.26 Å². The van der Waals surface area contributed by atoms with Gasteiger partial charge in [-0.15, -0.1) is 0 Å². The van der Waals surface area contributed by atoms with Crippen molar-refractivity contribution in [3.8, 4) is 6.07 Å². The molecule has 1 aromatic heterocycles. The number of carbonyl (C=O) groups is 2. The molecule has 186 valence electrons. The number of halogens is 1. The van der Waals surface area contributed by atoms with Crippen molar-refractivity contribution in [3.05, 3.63) is 67.8 Å². The second-order valence-electron chi connectivity index (χ2n) is 9.08. The van der Waals surface area contributed by atoms with Crippen LogP contribution < -0.4 is 21.9 Å². The summed E-state index contributed by atoms with van der Waals surface area (Å²) in [5.74, 6) is -0.820. The molecule has 1 atom stereocenters. The van der Waals surface area contributed by atoms with Crippen molar-refractivity contribution in [2.24, 2.45) is 5.92 Å². The standard InChI is InChI=1S/C26H26ClN5O4/c1-3-31-25(35)20-12-17(6-9-22(20)32(26(31)36)19-7-8-19)29-23(33)10-15(2)11-24(34)30-18-5-4-16(14-28)21(27)13-18/h4-6,9,12-13,15,19H,3,7-8,10-11H2,1-2H3,(H,29,33)(H,30,34). The Morgan fingerprint density at radius 1 is 1.08 bits per heavy atom. The van der Waals surface area contributed by atoms with Gasteiger partial charge < -0.3 is 10.6 Å². The van der Waals surface area contributed by atoms with Crippen LogP contribution in [0.1, 0.15) is 51.1 Å². The molecule has 1 aliphatic rings. The van der Waals surface area contributed by atoms with Crippen molar-refractivity contribution < 1.29 is 9.59 Å². The van der Waals surface area contributed by atoms with Crippen LogP contribution in [0.2, 0.25) is 5.02 Å². The van der Waals surface area contributed by atoms with E-state index in [1.54, 1.807) is 42.7 Å². The zero-order chi connectivity index (χ0) is 26.0. The van der Waals surface area contributed by atoms with Gasteiger partial charge in [0.25, 0.3) is 5.56 Å². The van der Waals surface area contributed by atoms with Crippen molar-refractivity contribution in [2.45, 2.75) is 52.1 Å². The lowest BCUT2D eigenvalue weighted by molar-refractivity contribution is -0.118. The minimum atomic E-state index is -0.376. The topological polar surface area (TPSA) is 126 Å². The van der Waals surface area contributed by atoms with E-state index in [0.717, 1.165) is 12.8 Å². The number of nitrogens with zero attached hydrogens (tertiary/aromatic N) is 3. The SMILES string of the molecule is CCn1c(=O)c2cc(NC(=O)CC(C)CC(=O)Nc3ccc(C#N)c(Cl)c3)ccc2n(C2CC2)c1=O. The predicted octanol–water partition coefficient (Wildman–Crippen LogP) is 4.04. The van der Waals surface area contributed by atoms with Crippen LogP contribution in [0, 0.1) is 17.2 Å². The fourth-order valence-electron chi connectivity index (χ4n) is 4.24. The number of nitriles is 1. The molecule has 1 heterocycles. The summed E-state index contributed by atoms with van der Waals surface area (Å²) in [4.78, 5) is 50.6. The Balaban J connectivity index is 1.42. The van der Waals surface area contributed by atoms with Crippen LogP contribution in [0.4, 0.5) is 11.4 Å². The minimum Gasteiger partial charge on any atom is -0.326 e. The third-order valence-corrected chi connectivity index (χ3v) is 6.43. The summed E-state index contributed by atoms with van der Waals surface area (Å²) in [7, 11) is 0. The fourth-order valence-corrected chi connectivity index (χ4v) is 4.46. The van der Waals surface area contributed by atoms with E-state index in [4.69, 9.17) is 16.9 Å². The number of hydrogen-bond acceptors (Lipinski definition) is 5. The van der Waals surface area contributed by atoms with Crippen LogP contribution in [0.5, 0.6) is 0 Å². The molecule has 2 amide bonds. The number of anilines is 2. The number of carbonyl (C=O) groups excluding carboxylic acids is 2. The van der Waals surface area contributed by atoms with Crippen LogP contribution >= 0.6 is 11.6 Å². The Bertz CT molecular complexity index is 1510. The molecule has 0 radical (unpaired) electrons. The van der Waals surface area contributed by atoms with Crippen LogP contribution in [0.25, 0.3) is 10.9 Å². The molecule has 1 unspecified atom stereocenters. The van der Waals surface area contributed by atoms with Gasteiger partial charge in [0.05, 0.1) is 21.5 Å². The second kappa shape index (κ2) is 10.4. The Labute approximate surface area is 212 Å². The Kier molecular flexibility index (Phi) is 7.27. The van der Waals surface area contributed by atoms with Crippen molar-refractivity contribution in [3.63, 3.8) is 0 Å². The molecule has 1 aliphatic carbocycles.